The summed E-state index contributed by atoms with van der Waals surface area (Å²) in [6.45, 7) is 5.45. The van der Waals surface area contributed by atoms with Gasteiger partial charge in [-0.1, -0.05) is 26.0 Å². The van der Waals surface area contributed by atoms with Gasteiger partial charge in [0.15, 0.2) is 0 Å². The SMILES string of the molecule is CC(C)C(CCO)NCc1ccc2cc[nH]c2c1. The van der Waals surface area contributed by atoms with Crippen molar-refractivity contribution >= 4 is 10.9 Å². The Balaban J connectivity index is 1.99. The van der Waals surface area contributed by atoms with Crippen molar-refractivity contribution in [3.63, 3.8) is 0 Å². The van der Waals surface area contributed by atoms with Crippen LogP contribution in [0.1, 0.15) is 25.8 Å². The van der Waals surface area contributed by atoms with E-state index < -0.39 is 0 Å². The maximum absolute atomic E-state index is 9.05. The minimum absolute atomic E-state index is 0.242. The van der Waals surface area contributed by atoms with Crippen LogP contribution in [0.2, 0.25) is 0 Å². The van der Waals surface area contributed by atoms with Gasteiger partial charge in [-0.2, -0.15) is 0 Å². The number of benzene rings is 1. The molecule has 1 heterocycles. The normalized spacial score (nSPS) is 13.3. The van der Waals surface area contributed by atoms with Gasteiger partial charge >= 0.3 is 0 Å². The molecule has 1 aromatic carbocycles. The molecule has 0 bridgehead atoms. The molecule has 1 aromatic heterocycles. The van der Waals surface area contributed by atoms with Crippen LogP contribution in [0.15, 0.2) is 30.5 Å². The molecule has 3 nitrogen and oxygen atoms in total. The summed E-state index contributed by atoms with van der Waals surface area (Å²) >= 11 is 0. The number of fused-ring (bicyclic) bond motifs is 1. The van der Waals surface area contributed by atoms with E-state index in [2.05, 4.69) is 48.4 Å². The molecule has 1 atom stereocenters. The molecular weight excluding hydrogens is 224 g/mol. The molecule has 0 spiro atoms. The Bertz CT molecular complexity index is 490. The number of aliphatic hydroxyl groups is 1. The van der Waals surface area contributed by atoms with Crippen LogP contribution in [0, 0.1) is 5.92 Å². The third-order valence-corrected chi connectivity index (χ3v) is 3.43. The Labute approximate surface area is 108 Å². The van der Waals surface area contributed by atoms with E-state index in [0.717, 1.165) is 13.0 Å². The lowest BCUT2D eigenvalue weighted by molar-refractivity contribution is 0.244. The molecule has 0 aliphatic carbocycles. The van der Waals surface area contributed by atoms with E-state index in [1.807, 2.05) is 6.20 Å². The van der Waals surface area contributed by atoms with Crippen LogP contribution < -0.4 is 5.32 Å². The quantitative estimate of drug-likeness (QED) is 0.734. The summed E-state index contributed by atoms with van der Waals surface area (Å²) < 4.78 is 0. The Morgan fingerprint density at radius 1 is 1.28 bits per heavy atom. The summed E-state index contributed by atoms with van der Waals surface area (Å²) in [5.41, 5.74) is 2.45. The molecule has 3 heteroatoms. The van der Waals surface area contributed by atoms with E-state index >= 15 is 0 Å². The molecule has 0 fully saturated rings. The highest BCUT2D eigenvalue weighted by Gasteiger charge is 2.11. The maximum atomic E-state index is 9.05. The molecule has 0 radical (unpaired) electrons. The molecule has 2 aromatic rings. The fraction of sp³-hybridized carbons (Fsp3) is 0.467. The van der Waals surface area contributed by atoms with Crippen molar-refractivity contribution in [3.05, 3.63) is 36.0 Å². The predicted octanol–water partition coefficient (Wildman–Crippen LogP) is 2.66. The van der Waals surface area contributed by atoms with E-state index in [1.165, 1.54) is 16.5 Å². The largest absolute Gasteiger partial charge is 0.396 e. The second-order valence-electron chi connectivity index (χ2n) is 5.14. The first kappa shape index (κ1) is 13.1. The van der Waals surface area contributed by atoms with Gasteiger partial charge in [-0.25, -0.2) is 0 Å². The number of nitrogens with one attached hydrogen (secondary N) is 2. The molecule has 0 saturated carbocycles. The average molecular weight is 246 g/mol. The molecule has 0 aliphatic rings. The third kappa shape index (κ3) is 3.12. The Morgan fingerprint density at radius 2 is 2.11 bits per heavy atom. The second kappa shape index (κ2) is 6.03. The number of aliphatic hydroxyl groups excluding tert-OH is 1. The van der Waals surface area contributed by atoms with Gasteiger partial charge in [0.25, 0.3) is 0 Å². The molecule has 2 rings (SSSR count). The lowest BCUT2D eigenvalue weighted by Crippen LogP contribution is -2.34. The smallest absolute Gasteiger partial charge is 0.0457 e. The summed E-state index contributed by atoms with van der Waals surface area (Å²) in [6, 6.07) is 8.92. The van der Waals surface area contributed by atoms with Crippen molar-refractivity contribution in [2.45, 2.75) is 32.9 Å². The fourth-order valence-corrected chi connectivity index (χ4v) is 2.26. The minimum atomic E-state index is 0.242. The monoisotopic (exact) mass is 246 g/mol. The zero-order valence-corrected chi connectivity index (χ0v) is 11.1. The summed E-state index contributed by atoms with van der Waals surface area (Å²) in [4.78, 5) is 3.23. The van der Waals surface area contributed by atoms with E-state index in [-0.39, 0.29) is 6.61 Å². The molecule has 0 aliphatic heterocycles. The third-order valence-electron chi connectivity index (χ3n) is 3.43. The molecular formula is C15H22N2O. The number of hydrogen-bond donors (Lipinski definition) is 3. The van der Waals surface area contributed by atoms with Crippen molar-refractivity contribution < 1.29 is 5.11 Å². The van der Waals surface area contributed by atoms with Crippen LogP contribution >= 0.6 is 0 Å². The van der Waals surface area contributed by atoms with Gasteiger partial charge in [-0.3, -0.25) is 0 Å². The minimum Gasteiger partial charge on any atom is -0.396 e. The highest BCUT2D eigenvalue weighted by atomic mass is 16.3. The summed E-state index contributed by atoms with van der Waals surface area (Å²) in [7, 11) is 0. The Morgan fingerprint density at radius 3 is 2.83 bits per heavy atom. The number of H-pyrrole nitrogens is 1. The number of hydrogen-bond acceptors (Lipinski definition) is 2. The van der Waals surface area contributed by atoms with Crippen LogP contribution in [-0.4, -0.2) is 22.7 Å². The molecule has 1 unspecified atom stereocenters. The standard InChI is InChI=1S/C15H22N2O/c1-11(2)14(6-8-18)17-10-12-3-4-13-5-7-16-15(13)9-12/h3-5,7,9,11,14,16-18H,6,8,10H2,1-2H3. The summed E-state index contributed by atoms with van der Waals surface area (Å²) in [5.74, 6) is 0.534. The molecule has 18 heavy (non-hydrogen) atoms. The first-order chi connectivity index (χ1) is 8.70. The fourth-order valence-electron chi connectivity index (χ4n) is 2.26. The summed E-state index contributed by atoms with van der Waals surface area (Å²) in [6.07, 6.45) is 2.77. The van der Waals surface area contributed by atoms with Gasteiger partial charge in [-0.05, 0) is 35.4 Å². The topological polar surface area (TPSA) is 48.0 Å². The average Bonchev–Trinajstić information content (AvgIpc) is 2.81. The molecule has 0 amide bonds. The van der Waals surface area contributed by atoms with Gasteiger partial charge < -0.3 is 15.4 Å². The van der Waals surface area contributed by atoms with Gasteiger partial charge in [0.2, 0.25) is 0 Å². The Hall–Kier alpha value is -1.32. The highest BCUT2D eigenvalue weighted by molar-refractivity contribution is 5.79. The maximum Gasteiger partial charge on any atom is 0.0457 e. The first-order valence-electron chi connectivity index (χ1n) is 6.61. The van der Waals surface area contributed by atoms with Crippen molar-refractivity contribution in [1.82, 2.24) is 10.3 Å². The van der Waals surface area contributed by atoms with E-state index in [9.17, 15) is 0 Å². The van der Waals surface area contributed by atoms with Crippen molar-refractivity contribution in [1.29, 1.82) is 0 Å². The van der Waals surface area contributed by atoms with Crippen molar-refractivity contribution in [2.75, 3.05) is 6.61 Å². The number of aromatic nitrogens is 1. The molecule has 98 valence electrons. The van der Waals surface area contributed by atoms with Gasteiger partial charge in [0.05, 0.1) is 0 Å². The van der Waals surface area contributed by atoms with Crippen LogP contribution in [0.25, 0.3) is 10.9 Å². The van der Waals surface area contributed by atoms with Crippen LogP contribution in [-0.2, 0) is 6.54 Å². The van der Waals surface area contributed by atoms with Crippen molar-refractivity contribution in [2.24, 2.45) is 5.92 Å². The number of rotatable bonds is 6. The first-order valence-corrected chi connectivity index (χ1v) is 6.61. The second-order valence-corrected chi connectivity index (χ2v) is 5.14. The van der Waals surface area contributed by atoms with Gasteiger partial charge in [-0.15, -0.1) is 0 Å². The van der Waals surface area contributed by atoms with Gasteiger partial charge in [0.1, 0.15) is 0 Å². The Kier molecular flexibility index (Phi) is 4.39. The van der Waals surface area contributed by atoms with E-state index in [4.69, 9.17) is 5.11 Å². The van der Waals surface area contributed by atoms with E-state index in [1.54, 1.807) is 0 Å². The van der Waals surface area contributed by atoms with E-state index in [0.29, 0.717) is 12.0 Å². The summed E-state index contributed by atoms with van der Waals surface area (Å²) in [5, 5.41) is 13.8. The zero-order valence-electron chi connectivity index (χ0n) is 11.1. The predicted molar refractivity (Wildman–Crippen MR) is 75.5 cm³/mol. The molecule has 3 N–H and O–H groups in total. The van der Waals surface area contributed by atoms with Crippen LogP contribution in [0.4, 0.5) is 0 Å². The lowest BCUT2D eigenvalue weighted by Gasteiger charge is -2.21. The van der Waals surface area contributed by atoms with Gasteiger partial charge in [0, 0.05) is 30.9 Å². The number of aromatic amines is 1. The van der Waals surface area contributed by atoms with Crippen LogP contribution in [0.5, 0.6) is 0 Å². The lowest BCUT2D eigenvalue weighted by atomic mass is 10.0. The highest BCUT2D eigenvalue weighted by Crippen LogP contribution is 2.15. The zero-order chi connectivity index (χ0) is 13.0. The van der Waals surface area contributed by atoms with Crippen LogP contribution in [0.3, 0.4) is 0 Å². The molecule has 0 saturated heterocycles. The van der Waals surface area contributed by atoms with Crippen molar-refractivity contribution in [3.8, 4) is 0 Å².